The van der Waals surface area contributed by atoms with Crippen LogP contribution in [-0.2, 0) is 9.47 Å². The summed E-state index contributed by atoms with van der Waals surface area (Å²) in [6.45, 7) is 8.51. The van der Waals surface area contributed by atoms with E-state index < -0.39 is 0 Å². The van der Waals surface area contributed by atoms with E-state index >= 15 is 0 Å². The first-order valence-electron chi connectivity index (χ1n) is 7.89. The summed E-state index contributed by atoms with van der Waals surface area (Å²) < 4.78 is 22.3. The Morgan fingerprint density at radius 2 is 1.62 bits per heavy atom. The molecule has 0 bridgehead atoms. The van der Waals surface area contributed by atoms with Gasteiger partial charge < -0.3 is 18.9 Å². The van der Waals surface area contributed by atoms with E-state index in [1.165, 1.54) is 12.8 Å². The Kier molecular flexibility index (Phi) is 9.66. The van der Waals surface area contributed by atoms with Crippen LogP contribution in [0.25, 0.3) is 0 Å². The van der Waals surface area contributed by atoms with Crippen LogP contribution in [0.4, 0.5) is 0 Å². The summed E-state index contributed by atoms with van der Waals surface area (Å²) in [5.74, 6) is 1.63. The molecule has 0 fully saturated rings. The highest BCUT2D eigenvalue weighted by Crippen LogP contribution is 2.19. The predicted octanol–water partition coefficient (Wildman–Crippen LogP) is 4.03. The second kappa shape index (κ2) is 11.4. The standard InChI is InChI=1S/C17H28O4/c1-4-7-8-13-20-15-9-11-16(12-10-15)21-17(19-6-3)14-18-5-2/h9-12,17H,4-8,13-14H2,1-3H3. The summed E-state index contributed by atoms with van der Waals surface area (Å²) >= 11 is 0. The number of rotatable bonds is 12. The number of hydrogen-bond donors (Lipinski definition) is 0. The zero-order chi connectivity index (χ0) is 15.3. The Hall–Kier alpha value is -1.26. The Morgan fingerprint density at radius 3 is 2.24 bits per heavy atom. The molecule has 0 radical (unpaired) electrons. The minimum Gasteiger partial charge on any atom is -0.494 e. The van der Waals surface area contributed by atoms with Gasteiger partial charge in [-0.1, -0.05) is 19.8 Å². The molecule has 1 aromatic carbocycles. The Morgan fingerprint density at radius 1 is 0.905 bits per heavy atom. The van der Waals surface area contributed by atoms with Crippen molar-refractivity contribution in [2.24, 2.45) is 0 Å². The summed E-state index contributed by atoms with van der Waals surface area (Å²) in [7, 11) is 0. The highest BCUT2D eigenvalue weighted by molar-refractivity contribution is 5.31. The van der Waals surface area contributed by atoms with Gasteiger partial charge in [0.2, 0.25) is 6.29 Å². The summed E-state index contributed by atoms with van der Waals surface area (Å²) in [6.07, 6.45) is 3.13. The van der Waals surface area contributed by atoms with Gasteiger partial charge in [-0.05, 0) is 44.5 Å². The summed E-state index contributed by atoms with van der Waals surface area (Å²) in [6, 6.07) is 7.64. The van der Waals surface area contributed by atoms with Crippen molar-refractivity contribution >= 4 is 0 Å². The predicted molar refractivity (Wildman–Crippen MR) is 84.0 cm³/mol. The van der Waals surface area contributed by atoms with E-state index in [-0.39, 0.29) is 6.29 Å². The van der Waals surface area contributed by atoms with Crippen LogP contribution in [0.15, 0.2) is 24.3 Å². The van der Waals surface area contributed by atoms with Crippen LogP contribution in [0.3, 0.4) is 0 Å². The molecule has 1 atom stereocenters. The van der Waals surface area contributed by atoms with Crippen LogP contribution < -0.4 is 9.47 Å². The van der Waals surface area contributed by atoms with Crippen LogP contribution in [0, 0.1) is 0 Å². The lowest BCUT2D eigenvalue weighted by Gasteiger charge is -2.18. The van der Waals surface area contributed by atoms with Gasteiger partial charge in [0.05, 0.1) is 6.61 Å². The SMILES string of the molecule is CCCCCOc1ccc(OC(COCC)OCC)cc1. The first kappa shape index (κ1) is 17.8. The van der Waals surface area contributed by atoms with Gasteiger partial charge in [-0.2, -0.15) is 0 Å². The molecule has 21 heavy (non-hydrogen) atoms. The van der Waals surface area contributed by atoms with E-state index in [4.69, 9.17) is 18.9 Å². The third-order valence-electron chi connectivity index (χ3n) is 2.92. The molecule has 4 heteroatoms. The molecule has 0 saturated heterocycles. The summed E-state index contributed by atoms with van der Waals surface area (Å²) in [4.78, 5) is 0. The van der Waals surface area contributed by atoms with Crippen molar-refractivity contribution in [3.05, 3.63) is 24.3 Å². The highest BCUT2D eigenvalue weighted by Gasteiger charge is 2.10. The number of ether oxygens (including phenoxy) is 4. The maximum atomic E-state index is 5.75. The first-order valence-corrected chi connectivity index (χ1v) is 7.89. The minimum absolute atomic E-state index is 0.369. The topological polar surface area (TPSA) is 36.9 Å². The second-order valence-electron chi connectivity index (χ2n) is 4.69. The molecule has 0 spiro atoms. The van der Waals surface area contributed by atoms with Crippen molar-refractivity contribution in [1.29, 1.82) is 0 Å². The van der Waals surface area contributed by atoms with Gasteiger partial charge in [0.15, 0.2) is 0 Å². The van der Waals surface area contributed by atoms with Gasteiger partial charge in [0.1, 0.15) is 18.1 Å². The van der Waals surface area contributed by atoms with Crippen molar-refractivity contribution in [1.82, 2.24) is 0 Å². The van der Waals surface area contributed by atoms with Crippen molar-refractivity contribution < 1.29 is 18.9 Å². The molecule has 0 aromatic heterocycles. The lowest BCUT2D eigenvalue weighted by Crippen LogP contribution is -2.26. The highest BCUT2D eigenvalue weighted by atomic mass is 16.7. The lowest BCUT2D eigenvalue weighted by atomic mass is 10.3. The quantitative estimate of drug-likeness (QED) is 0.431. The molecule has 4 nitrogen and oxygen atoms in total. The number of benzene rings is 1. The van der Waals surface area contributed by atoms with E-state index in [1.54, 1.807) is 0 Å². The normalized spacial score (nSPS) is 12.1. The Labute approximate surface area is 128 Å². The van der Waals surface area contributed by atoms with Crippen molar-refractivity contribution in [2.45, 2.75) is 46.3 Å². The van der Waals surface area contributed by atoms with Crippen LogP contribution in [0.5, 0.6) is 11.5 Å². The van der Waals surface area contributed by atoms with Crippen molar-refractivity contribution in [3.8, 4) is 11.5 Å². The fourth-order valence-corrected chi connectivity index (χ4v) is 1.82. The average Bonchev–Trinajstić information content (AvgIpc) is 2.51. The van der Waals surface area contributed by atoms with Crippen LogP contribution >= 0.6 is 0 Å². The zero-order valence-electron chi connectivity index (χ0n) is 13.5. The Balaban J connectivity index is 2.40. The molecule has 0 aliphatic heterocycles. The first-order chi connectivity index (χ1) is 10.3. The molecule has 0 saturated carbocycles. The van der Waals surface area contributed by atoms with E-state index in [9.17, 15) is 0 Å². The molecular formula is C17H28O4. The van der Waals surface area contributed by atoms with Gasteiger partial charge in [-0.15, -0.1) is 0 Å². The smallest absolute Gasteiger partial charge is 0.223 e. The molecular weight excluding hydrogens is 268 g/mol. The lowest BCUT2D eigenvalue weighted by molar-refractivity contribution is -0.116. The van der Waals surface area contributed by atoms with Crippen molar-refractivity contribution in [2.75, 3.05) is 26.4 Å². The molecule has 0 N–H and O–H groups in total. The van der Waals surface area contributed by atoms with E-state index in [1.807, 2.05) is 38.1 Å². The maximum Gasteiger partial charge on any atom is 0.223 e. The number of unbranched alkanes of at least 4 members (excludes halogenated alkanes) is 2. The monoisotopic (exact) mass is 296 g/mol. The molecule has 0 amide bonds. The van der Waals surface area contributed by atoms with Gasteiger partial charge in [-0.25, -0.2) is 0 Å². The number of hydrogen-bond acceptors (Lipinski definition) is 4. The molecule has 1 rings (SSSR count). The zero-order valence-corrected chi connectivity index (χ0v) is 13.5. The summed E-state index contributed by atoms with van der Waals surface area (Å²) in [5.41, 5.74) is 0. The Bertz CT molecular complexity index is 350. The van der Waals surface area contributed by atoms with E-state index in [0.29, 0.717) is 19.8 Å². The third-order valence-corrected chi connectivity index (χ3v) is 2.92. The largest absolute Gasteiger partial charge is 0.494 e. The fraction of sp³-hybridized carbons (Fsp3) is 0.647. The minimum atomic E-state index is -0.369. The van der Waals surface area contributed by atoms with Gasteiger partial charge >= 0.3 is 0 Å². The molecule has 0 aliphatic rings. The van der Waals surface area contributed by atoms with E-state index in [0.717, 1.165) is 24.5 Å². The van der Waals surface area contributed by atoms with Crippen LogP contribution in [-0.4, -0.2) is 32.7 Å². The summed E-state index contributed by atoms with van der Waals surface area (Å²) in [5, 5.41) is 0. The van der Waals surface area contributed by atoms with Crippen LogP contribution in [0.1, 0.15) is 40.0 Å². The van der Waals surface area contributed by atoms with Crippen molar-refractivity contribution in [3.63, 3.8) is 0 Å². The molecule has 0 aliphatic carbocycles. The second-order valence-corrected chi connectivity index (χ2v) is 4.69. The van der Waals surface area contributed by atoms with Gasteiger partial charge in [0, 0.05) is 13.2 Å². The molecule has 1 aromatic rings. The average molecular weight is 296 g/mol. The van der Waals surface area contributed by atoms with Crippen LogP contribution in [0.2, 0.25) is 0 Å². The molecule has 0 heterocycles. The molecule has 1 unspecified atom stereocenters. The third kappa shape index (κ3) is 7.93. The molecule has 120 valence electrons. The van der Waals surface area contributed by atoms with E-state index in [2.05, 4.69) is 6.92 Å². The fourth-order valence-electron chi connectivity index (χ4n) is 1.82. The van der Waals surface area contributed by atoms with Gasteiger partial charge in [-0.3, -0.25) is 0 Å². The maximum absolute atomic E-state index is 5.75. The van der Waals surface area contributed by atoms with Gasteiger partial charge in [0.25, 0.3) is 0 Å².